The lowest BCUT2D eigenvalue weighted by atomic mass is 10.2. The molecule has 0 bridgehead atoms. The summed E-state index contributed by atoms with van der Waals surface area (Å²) in [7, 11) is 0. The molecule has 0 aliphatic heterocycles. The van der Waals surface area contributed by atoms with Gasteiger partial charge in [-0.3, -0.25) is 4.79 Å². The summed E-state index contributed by atoms with van der Waals surface area (Å²) < 4.78 is 11.4. The second kappa shape index (κ2) is 8.60. The third-order valence-corrected chi connectivity index (χ3v) is 4.13. The third-order valence-electron chi connectivity index (χ3n) is 3.87. The summed E-state index contributed by atoms with van der Waals surface area (Å²) in [5, 5.41) is 3.44. The van der Waals surface area contributed by atoms with Crippen LogP contribution >= 0.6 is 11.6 Å². The second-order valence-corrected chi connectivity index (χ2v) is 6.58. The number of carbonyl (C=O) groups is 1. The molecule has 0 unspecified atom stereocenters. The predicted octanol–water partition coefficient (Wildman–Crippen LogP) is 5.85. The van der Waals surface area contributed by atoms with Gasteiger partial charge in [-0.05, 0) is 74.5 Å². The van der Waals surface area contributed by atoms with E-state index in [1.54, 1.807) is 55.5 Å². The molecule has 0 heterocycles. The maximum absolute atomic E-state index is 12.3. The minimum atomic E-state index is -0.644. The van der Waals surface area contributed by atoms with Crippen molar-refractivity contribution in [1.29, 1.82) is 0 Å². The van der Waals surface area contributed by atoms with Gasteiger partial charge in [-0.2, -0.15) is 0 Å². The molecule has 1 N–H and O–H groups in total. The molecule has 0 aliphatic rings. The number of halogens is 1. The number of nitrogens with one attached hydrogen (secondary N) is 1. The summed E-state index contributed by atoms with van der Waals surface area (Å²) in [5.74, 6) is 1.81. The molecule has 0 fully saturated rings. The van der Waals surface area contributed by atoms with Crippen LogP contribution in [0.2, 0.25) is 5.02 Å². The smallest absolute Gasteiger partial charge is 0.265 e. The molecule has 1 amide bonds. The summed E-state index contributed by atoms with van der Waals surface area (Å²) in [5.41, 5.74) is 1.85. The van der Waals surface area contributed by atoms with E-state index < -0.39 is 6.10 Å². The number of anilines is 1. The molecule has 0 saturated carbocycles. The van der Waals surface area contributed by atoms with Gasteiger partial charge < -0.3 is 14.8 Å². The molecule has 1 atom stereocenters. The largest absolute Gasteiger partial charge is 0.481 e. The molecule has 27 heavy (non-hydrogen) atoms. The minimum absolute atomic E-state index is 0.239. The molecule has 0 spiro atoms. The van der Waals surface area contributed by atoms with Gasteiger partial charge in [0.05, 0.1) is 0 Å². The van der Waals surface area contributed by atoms with Gasteiger partial charge >= 0.3 is 0 Å². The number of aryl methyl sites for hydroxylation is 1. The lowest BCUT2D eigenvalue weighted by Crippen LogP contribution is -2.30. The van der Waals surface area contributed by atoms with E-state index in [0.717, 1.165) is 5.75 Å². The summed E-state index contributed by atoms with van der Waals surface area (Å²) in [6.45, 7) is 3.72. The van der Waals surface area contributed by atoms with E-state index >= 15 is 0 Å². The van der Waals surface area contributed by atoms with E-state index in [9.17, 15) is 4.79 Å². The Morgan fingerprint density at radius 3 is 1.96 bits per heavy atom. The highest BCUT2D eigenvalue weighted by atomic mass is 35.5. The summed E-state index contributed by atoms with van der Waals surface area (Å²) in [6.07, 6.45) is -0.644. The highest BCUT2D eigenvalue weighted by molar-refractivity contribution is 6.30. The number of benzene rings is 3. The fraction of sp³-hybridized carbons (Fsp3) is 0.136. The van der Waals surface area contributed by atoms with Crippen molar-refractivity contribution >= 4 is 23.2 Å². The topological polar surface area (TPSA) is 47.6 Å². The van der Waals surface area contributed by atoms with Gasteiger partial charge in [0.15, 0.2) is 6.10 Å². The van der Waals surface area contributed by atoms with Gasteiger partial charge in [-0.25, -0.2) is 0 Å². The molecule has 0 radical (unpaired) electrons. The lowest BCUT2D eigenvalue weighted by molar-refractivity contribution is -0.122. The third kappa shape index (κ3) is 5.50. The van der Waals surface area contributed by atoms with Crippen molar-refractivity contribution < 1.29 is 14.3 Å². The van der Waals surface area contributed by atoms with E-state index in [4.69, 9.17) is 21.1 Å². The molecule has 138 valence electrons. The predicted molar refractivity (Wildman–Crippen MR) is 108 cm³/mol. The first-order valence-electron chi connectivity index (χ1n) is 8.57. The number of amides is 1. The molecule has 3 aromatic carbocycles. The van der Waals surface area contributed by atoms with Crippen molar-refractivity contribution in [2.45, 2.75) is 20.0 Å². The van der Waals surface area contributed by atoms with Crippen molar-refractivity contribution in [2.24, 2.45) is 0 Å². The van der Waals surface area contributed by atoms with Crippen molar-refractivity contribution in [3.8, 4) is 17.2 Å². The van der Waals surface area contributed by atoms with E-state index in [1.165, 1.54) is 5.56 Å². The Balaban J connectivity index is 1.56. The average molecular weight is 382 g/mol. The standard InChI is InChI=1S/C22H20ClNO3/c1-15-3-9-20(10-4-15)27-21-13-7-18(8-14-21)24-22(25)16(2)26-19-11-5-17(23)6-12-19/h3-14,16H,1-2H3,(H,24,25)/t16-/m0/s1. The molecule has 4 nitrogen and oxygen atoms in total. The molecular weight excluding hydrogens is 362 g/mol. The van der Waals surface area contributed by atoms with Gasteiger partial charge in [0.25, 0.3) is 5.91 Å². The zero-order valence-electron chi connectivity index (χ0n) is 15.1. The Hall–Kier alpha value is -2.98. The number of hydrogen-bond donors (Lipinski definition) is 1. The van der Waals surface area contributed by atoms with Crippen molar-refractivity contribution in [1.82, 2.24) is 0 Å². The molecular formula is C22H20ClNO3. The van der Waals surface area contributed by atoms with Gasteiger partial charge in [-0.1, -0.05) is 29.3 Å². The Labute approximate surface area is 163 Å². The van der Waals surface area contributed by atoms with E-state index in [1.807, 2.05) is 31.2 Å². The van der Waals surface area contributed by atoms with Crippen molar-refractivity contribution in [3.05, 3.63) is 83.4 Å². The van der Waals surface area contributed by atoms with Crippen LogP contribution in [-0.2, 0) is 4.79 Å². The quantitative estimate of drug-likeness (QED) is 0.582. The highest BCUT2D eigenvalue weighted by Gasteiger charge is 2.15. The van der Waals surface area contributed by atoms with E-state index in [2.05, 4.69) is 5.32 Å². The van der Waals surface area contributed by atoms with Crippen molar-refractivity contribution in [2.75, 3.05) is 5.32 Å². The van der Waals surface area contributed by atoms with E-state index in [-0.39, 0.29) is 5.91 Å². The van der Waals surface area contributed by atoms with Crippen LogP contribution in [0.3, 0.4) is 0 Å². The Morgan fingerprint density at radius 2 is 1.37 bits per heavy atom. The molecule has 0 aliphatic carbocycles. The number of ether oxygens (including phenoxy) is 2. The van der Waals surface area contributed by atoms with Crippen molar-refractivity contribution in [3.63, 3.8) is 0 Å². The Bertz CT molecular complexity index is 890. The van der Waals surface area contributed by atoms with Gasteiger partial charge in [0.2, 0.25) is 0 Å². The number of rotatable bonds is 6. The SMILES string of the molecule is Cc1ccc(Oc2ccc(NC(=O)[C@H](C)Oc3ccc(Cl)cc3)cc2)cc1. The van der Waals surface area contributed by atoms with Crippen LogP contribution in [0, 0.1) is 6.92 Å². The monoisotopic (exact) mass is 381 g/mol. The zero-order valence-corrected chi connectivity index (χ0v) is 15.9. The van der Waals surface area contributed by atoms with Crippen LogP contribution in [0.25, 0.3) is 0 Å². The number of hydrogen-bond acceptors (Lipinski definition) is 3. The molecule has 3 rings (SSSR count). The van der Waals surface area contributed by atoms with Crippen LogP contribution < -0.4 is 14.8 Å². The molecule has 0 aromatic heterocycles. The summed E-state index contributed by atoms with van der Waals surface area (Å²) >= 11 is 5.84. The molecule has 5 heteroatoms. The van der Waals surface area contributed by atoms with Gasteiger partial charge in [0, 0.05) is 10.7 Å². The van der Waals surface area contributed by atoms with Crippen LogP contribution in [-0.4, -0.2) is 12.0 Å². The summed E-state index contributed by atoms with van der Waals surface area (Å²) in [4.78, 5) is 12.3. The maximum atomic E-state index is 12.3. The number of carbonyl (C=O) groups excluding carboxylic acids is 1. The normalized spacial score (nSPS) is 11.5. The Kier molecular flexibility index (Phi) is 5.99. The van der Waals surface area contributed by atoms with E-state index in [0.29, 0.717) is 22.2 Å². The highest BCUT2D eigenvalue weighted by Crippen LogP contribution is 2.23. The first-order chi connectivity index (χ1) is 13.0. The molecule has 3 aromatic rings. The van der Waals surface area contributed by atoms with Crippen LogP contribution in [0.15, 0.2) is 72.8 Å². The average Bonchev–Trinajstić information content (AvgIpc) is 2.67. The minimum Gasteiger partial charge on any atom is -0.481 e. The maximum Gasteiger partial charge on any atom is 0.265 e. The van der Waals surface area contributed by atoms with Gasteiger partial charge in [0.1, 0.15) is 17.2 Å². The first-order valence-corrected chi connectivity index (χ1v) is 8.95. The fourth-order valence-corrected chi connectivity index (χ4v) is 2.49. The Morgan fingerprint density at radius 1 is 0.852 bits per heavy atom. The zero-order chi connectivity index (χ0) is 19.2. The van der Waals surface area contributed by atoms with Gasteiger partial charge in [-0.15, -0.1) is 0 Å². The van der Waals surface area contributed by atoms with Crippen LogP contribution in [0.5, 0.6) is 17.2 Å². The first kappa shape index (κ1) is 18.8. The second-order valence-electron chi connectivity index (χ2n) is 6.14. The van der Waals surface area contributed by atoms with Crippen LogP contribution in [0.4, 0.5) is 5.69 Å². The molecule has 0 saturated heterocycles. The lowest BCUT2D eigenvalue weighted by Gasteiger charge is -2.15. The fourth-order valence-electron chi connectivity index (χ4n) is 2.36. The summed E-state index contributed by atoms with van der Waals surface area (Å²) in [6, 6.07) is 21.9. The van der Waals surface area contributed by atoms with Crippen LogP contribution in [0.1, 0.15) is 12.5 Å².